The molecule has 2 heteroatoms. The summed E-state index contributed by atoms with van der Waals surface area (Å²) in [5.41, 5.74) is 0. The summed E-state index contributed by atoms with van der Waals surface area (Å²) in [5, 5.41) is 3.45. The molecule has 2 rings (SSSR count). The summed E-state index contributed by atoms with van der Waals surface area (Å²) in [6.07, 6.45) is 4.23. The molecule has 0 amide bonds. The van der Waals surface area contributed by atoms with Gasteiger partial charge in [-0.15, -0.1) is 0 Å². The smallest absolute Gasteiger partial charge is 0.0108 e. The summed E-state index contributed by atoms with van der Waals surface area (Å²) in [6.45, 7) is 7.58. The van der Waals surface area contributed by atoms with E-state index < -0.39 is 0 Å². The molecule has 2 aliphatic heterocycles. The van der Waals surface area contributed by atoms with Gasteiger partial charge in [-0.1, -0.05) is 0 Å². The Labute approximate surface area is 75.3 Å². The number of nitrogens with one attached hydrogen (secondary N) is 1. The Hall–Kier alpha value is -0.0800. The van der Waals surface area contributed by atoms with Crippen molar-refractivity contribution in [2.24, 2.45) is 5.92 Å². The van der Waals surface area contributed by atoms with E-state index in [1.54, 1.807) is 0 Å². The zero-order valence-electron chi connectivity index (χ0n) is 8.05. The zero-order valence-corrected chi connectivity index (χ0v) is 8.05. The normalized spacial score (nSPS) is 34.2. The summed E-state index contributed by atoms with van der Waals surface area (Å²) in [4.78, 5) is 2.66. The van der Waals surface area contributed by atoms with Crippen LogP contribution in [0.15, 0.2) is 0 Å². The first-order chi connectivity index (χ1) is 5.88. The molecule has 2 aliphatic rings. The summed E-state index contributed by atoms with van der Waals surface area (Å²) < 4.78 is 0. The van der Waals surface area contributed by atoms with Crippen molar-refractivity contribution in [3.8, 4) is 0 Å². The number of likely N-dealkylation sites (tertiary alicyclic amines) is 1. The monoisotopic (exact) mass is 168 g/mol. The molecule has 12 heavy (non-hydrogen) atoms. The van der Waals surface area contributed by atoms with Crippen molar-refractivity contribution in [2.75, 3.05) is 26.2 Å². The molecule has 1 N–H and O–H groups in total. The van der Waals surface area contributed by atoms with Gasteiger partial charge in [-0.2, -0.15) is 0 Å². The Morgan fingerprint density at radius 2 is 2.08 bits per heavy atom. The summed E-state index contributed by atoms with van der Waals surface area (Å²) >= 11 is 0. The van der Waals surface area contributed by atoms with Crippen molar-refractivity contribution < 1.29 is 0 Å². The minimum Gasteiger partial charge on any atom is -0.316 e. The molecule has 0 aliphatic carbocycles. The van der Waals surface area contributed by atoms with Crippen molar-refractivity contribution in [3.05, 3.63) is 0 Å². The van der Waals surface area contributed by atoms with Crippen LogP contribution in [0.2, 0.25) is 0 Å². The molecule has 0 aromatic carbocycles. The Kier molecular flexibility index (Phi) is 2.66. The fraction of sp³-hybridized carbons (Fsp3) is 1.00. The lowest BCUT2D eigenvalue weighted by Gasteiger charge is -2.28. The van der Waals surface area contributed by atoms with Gasteiger partial charge in [0, 0.05) is 6.04 Å². The molecule has 0 aromatic rings. The zero-order chi connectivity index (χ0) is 8.39. The molecule has 0 saturated carbocycles. The van der Waals surface area contributed by atoms with E-state index in [4.69, 9.17) is 0 Å². The van der Waals surface area contributed by atoms with E-state index in [0.29, 0.717) is 0 Å². The van der Waals surface area contributed by atoms with Gasteiger partial charge < -0.3 is 10.2 Å². The largest absolute Gasteiger partial charge is 0.316 e. The Morgan fingerprint density at radius 3 is 2.67 bits per heavy atom. The van der Waals surface area contributed by atoms with Crippen LogP contribution in [0.4, 0.5) is 0 Å². The first kappa shape index (κ1) is 8.52. The molecular formula is C10H20N2. The van der Waals surface area contributed by atoms with E-state index in [0.717, 1.165) is 12.0 Å². The highest BCUT2D eigenvalue weighted by Crippen LogP contribution is 2.21. The molecule has 2 atom stereocenters. The fourth-order valence-electron chi connectivity index (χ4n) is 2.54. The lowest BCUT2D eigenvalue weighted by Crippen LogP contribution is -2.37. The molecule has 0 unspecified atom stereocenters. The van der Waals surface area contributed by atoms with Crippen molar-refractivity contribution in [2.45, 2.75) is 32.2 Å². The third kappa shape index (κ3) is 1.64. The lowest BCUT2D eigenvalue weighted by atomic mass is 9.99. The molecular weight excluding hydrogens is 148 g/mol. The average molecular weight is 168 g/mol. The van der Waals surface area contributed by atoms with E-state index >= 15 is 0 Å². The number of hydrogen-bond acceptors (Lipinski definition) is 2. The molecule has 0 spiro atoms. The summed E-state index contributed by atoms with van der Waals surface area (Å²) in [7, 11) is 0. The number of rotatable bonds is 2. The van der Waals surface area contributed by atoms with Gasteiger partial charge in [-0.25, -0.2) is 0 Å². The number of hydrogen-bond donors (Lipinski definition) is 1. The van der Waals surface area contributed by atoms with Crippen LogP contribution < -0.4 is 5.32 Å². The van der Waals surface area contributed by atoms with Crippen LogP contribution in [0.25, 0.3) is 0 Å². The van der Waals surface area contributed by atoms with Gasteiger partial charge in [0.25, 0.3) is 0 Å². The van der Waals surface area contributed by atoms with Crippen LogP contribution in [-0.4, -0.2) is 37.1 Å². The highest BCUT2D eigenvalue weighted by atomic mass is 15.2. The van der Waals surface area contributed by atoms with Crippen LogP contribution in [0.1, 0.15) is 26.2 Å². The van der Waals surface area contributed by atoms with Gasteiger partial charge in [0.1, 0.15) is 0 Å². The second kappa shape index (κ2) is 3.75. The Morgan fingerprint density at radius 1 is 1.33 bits per heavy atom. The van der Waals surface area contributed by atoms with Gasteiger partial charge in [0.2, 0.25) is 0 Å². The predicted molar refractivity (Wildman–Crippen MR) is 51.2 cm³/mol. The van der Waals surface area contributed by atoms with Crippen LogP contribution in [0.3, 0.4) is 0 Å². The molecule has 70 valence electrons. The highest BCUT2D eigenvalue weighted by molar-refractivity contribution is 4.83. The van der Waals surface area contributed by atoms with Crippen molar-refractivity contribution in [1.29, 1.82) is 0 Å². The Bertz CT molecular complexity index is 119. The Balaban J connectivity index is 1.84. The van der Waals surface area contributed by atoms with E-state index in [1.807, 2.05) is 0 Å². The molecule has 2 nitrogen and oxygen atoms in total. The first-order valence-corrected chi connectivity index (χ1v) is 5.32. The van der Waals surface area contributed by atoms with Gasteiger partial charge in [-0.3, -0.25) is 0 Å². The second-order valence-corrected chi connectivity index (χ2v) is 4.24. The SMILES string of the molecule is C[C@@H]([C@H]1CCNC1)N1CCCC1. The predicted octanol–water partition coefficient (Wildman–Crippen LogP) is 1.08. The van der Waals surface area contributed by atoms with E-state index in [2.05, 4.69) is 17.1 Å². The van der Waals surface area contributed by atoms with Gasteiger partial charge in [0.05, 0.1) is 0 Å². The standard InChI is InChI=1S/C10H20N2/c1-9(10-4-5-11-8-10)12-6-2-3-7-12/h9-11H,2-8H2,1H3/t9-,10-/m0/s1. The van der Waals surface area contributed by atoms with Crippen molar-refractivity contribution >= 4 is 0 Å². The maximum atomic E-state index is 3.45. The molecule has 0 radical (unpaired) electrons. The van der Waals surface area contributed by atoms with Gasteiger partial charge in [-0.05, 0) is 58.3 Å². The highest BCUT2D eigenvalue weighted by Gasteiger charge is 2.27. The van der Waals surface area contributed by atoms with E-state index in [1.165, 1.54) is 45.4 Å². The molecule has 2 heterocycles. The van der Waals surface area contributed by atoms with Crippen LogP contribution >= 0.6 is 0 Å². The van der Waals surface area contributed by atoms with E-state index in [-0.39, 0.29) is 0 Å². The summed E-state index contributed by atoms with van der Waals surface area (Å²) in [6, 6.07) is 0.822. The topological polar surface area (TPSA) is 15.3 Å². The lowest BCUT2D eigenvalue weighted by molar-refractivity contribution is 0.198. The second-order valence-electron chi connectivity index (χ2n) is 4.24. The van der Waals surface area contributed by atoms with Gasteiger partial charge >= 0.3 is 0 Å². The maximum Gasteiger partial charge on any atom is 0.0108 e. The third-order valence-electron chi connectivity index (χ3n) is 3.50. The fourth-order valence-corrected chi connectivity index (χ4v) is 2.54. The summed E-state index contributed by atoms with van der Waals surface area (Å²) in [5.74, 6) is 0.920. The molecule has 0 aromatic heterocycles. The van der Waals surface area contributed by atoms with E-state index in [9.17, 15) is 0 Å². The first-order valence-electron chi connectivity index (χ1n) is 5.32. The van der Waals surface area contributed by atoms with Crippen LogP contribution in [-0.2, 0) is 0 Å². The average Bonchev–Trinajstić information content (AvgIpc) is 2.77. The maximum absolute atomic E-state index is 3.45. The minimum absolute atomic E-state index is 0.822. The number of nitrogens with zero attached hydrogens (tertiary/aromatic N) is 1. The molecule has 0 bridgehead atoms. The van der Waals surface area contributed by atoms with Gasteiger partial charge in [0.15, 0.2) is 0 Å². The van der Waals surface area contributed by atoms with Crippen LogP contribution in [0, 0.1) is 5.92 Å². The third-order valence-corrected chi connectivity index (χ3v) is 3.50. The quantitative estimate of drug-likeness (QED) is 0.664. The van der Waals surface area contributed by atoms with Crippen LogP contribution in [0.5, 0.6) is 0 Å². The van der Waals surface area contributed by atoms with Crippen molar-refractivity contribution in [3.63, 3.8) is 0 Å². The molecule has 2 saturated heterocycles. The van der Waals surface area contributed by atoms with Crippen molar-refractivity contribution in [1.82, 2.24) is 10.2 Å². The molecule has 2 fully saturated rings. The minimum atomic E-state index is 0.822.